The predicted octanol–water partition coefficient (Wildman–Crippen LogP) is 1.58. The molecule has 0 atom stereocenters. The molecule has 0 aliphatic heterocycles. The maximum Gasteiger partial charge on any atom is 0.143 e. The molecule has 0 saturated carbocycles. The Morgan fingerprint density at radius 1 is 1.38 bits per heavy atom. The zero-order chi connectivity index (χ0) is 9.26. The minimum Gasteiger partial charge on any atom is -0.201 e. The lowest BCUT2D eigenvalue weighted by Gasteiger charge is -2.01. The molecule has 0 saturated heterocycles. The van der Waals surface area contributed by atoms with E-state index < -0.39 is 0 Å². The molecule has 1 aromatic carbocycles. The van der Waals surface area contributed by atoms with Crippen molar-refractivity contribution in [3.05, 3.63) is 33.7 Å². The fourth-order valence-electron chi connectivity index (χ4n) is 1.00. The Hall–Kier alpha value is -0.980. The average Bonchev–Trinajstić information content (AvgIpc) is 2.62. The molecule has 0 radical (unpaired) electrons. The maximum atomic E-state index is 3.81. The Morgan fingerprint density at radius 3 is 2.85 bits per heavy atom. The first-order valence-corrected chi connectivity index (χ1v) is 4.85. The number of rotatable bonds is 1. The van der Waals surface area contributed by atoms with E-state index in [1.807, 2.05) is 12.1 Å². The fourth-order valence-corrected chi connectivity index (χ4v) is 1.50. The van der Waals surface area contributed by atoms with Gasteiger partial charge in [-0.25, -0.2) is 4.68 Å². The Kier molecular flexibility index (Phi) is 2.26. The van der Waals surface area contributed by atoms with Crippen molar-refractivity contribution >= 4 is 22.6 Å². The Balaban J connectivity index is 2.49. The number of aryl methyl sites for hydroxylation is 1. The molecule has 13 heavy (non-hydrogen) atoms. The second-order valence-corrected chi connectivity index (χ2v) is 3.85. The summed E-state index contributed by atoms with van der Waals surface area (Å²) in [5, 5.41) is 11.0. The minimum absolute atomic E-state index is 0.986. The van der Waals surface area contributed by atoms with E-state index in [-0.39, 0.29) is 0 Å². The molecule has 2 rings (SSSR count). The SMILES string of the molecule is Cc1ccc(-n2cnnn2)cc1I. The van der Waals surface area contributed by atoms with Crippen molar-refractivity contribution in [3.8, 4) is 5.69 Å². The van der Waals surface area contributed by atoms with Crippen LogP contribution in [-0.2, 0) is 0 Å². The van der Waals surface area contributed by atoms with Crippen LogP contribution in [0.2, 0.25) is 0 Å². The molecule has 0 amide bonds. The maximum absolute atomic E-state index is 3.81. The third-order valence-electron chi connectivity index (χ3n) is 1.77. The molecule has 1 heterocycles. The summed E-state index contributed by atoms with van der Waals surface area (Å²) in [5.74, 6) is 0. The van der Waals surface area contributed by atoms with Crippen molar-refractivity contribution < 1.29 is 0 Å². The average molecular weight is 286 g/mol. The summed E-state index contributed by atoms with van der Waals surface area (Å²) in [7, 11) is 0. The van der Waals surface area contributed by atoms with Crippen LogP contribution in [0.15, 0.2) is 24.5 Å². The number of hydrogen-bond donors (Lipinski definition) is 0. The summed E-state index contributed by atoms with van der Waals surface area (Å²) >= 11 is 2.29. The van der Waals surface area contributed by atoms with E-state index in [1.165, 1.54) is 9.13 Å². The summed E-state index contributed by atoms with van der Waals surface area (Å²) in [6, 6.07) is 6.10. The van der Waals surface area contributed by atoms with Gasteiger partial charge in [-0.1, -0.05) is 6.07 Å². The number of tetrazole rings is 1. The molecule has 0 spiro atoms. The smallest absolute Gasteiger partial charge is 0.143 e. The molecular formula is C8H7IN4. The highest BCUT2D eigenvalue weighted by Crippen LogP contribution is 2.15. The number of hydrogen-bond acceptors (Lipinski definition) is 3. The molecule has 66 valence electrons. The van der Waals surface area contributed by atoms with E-state index in [4.69, 9.17) is 0 Å². The lowest BCUT2D eigenvalue weighted by Crippen LogP contribution is -1.95. The third-order valence-corrected chi connectivity index (χ3v) is 2.93. The summed E-state index contributed by atoms with van der Waals surface area (Å²) in [6.45, 7) is 2.07. The topological polar surface area (TPSA) is 43.6 Å². The van der Waals surface area contributed by atoms with Crippen molar-refractivity contribution in [1.82, 2.24) is 20.2 Å². The van der Waals surface area contributed by atoms with Crippen LogP contribution in [0.1, 0.15) is 5.56 Å². The molecule has 5 heteroatoms. The van der Waals surface area contributed by atoms with E-state index in [9.17, 15) is 0 Å². The van der Waals surface area contributed by atoms with E-state index in [0.717, 1.165) is 5.69 Å². The van der Waals surface area contributed by atoms with Crippen molar-refractivity contribution in [3.63, 3.8) is 0 Å². The molecule has 0 aliphatic rings. The van der Waals surface area contributed by atoms with E-state index >= 15 is 0 Å². The first-order chi connectivity index (χ1) is 6.27. The third kappa shape index (κ3) is 1.69. The van der Waals surface area contributed by atoms with Gasteiger partial charge in [0.25, 0.3) is 0 Å². The van der Waals surface area contributed by atoms with Crippen LogP contribution in [0.25, 0.3) is 5.69 Å². The van der Waals surface area contributed by atoms with Crippen LogP contribution in [0, 0.1) is 10.5 Å². The van der Waals surface area contributed by atoms with Crippen LogP contribution in [-0.4, -0.2) is 20.2 Å². The van der Waals surface area contributed by atoms with E-state index in [1.54, 1.807) is 11.0 Å². The first kappa shape index (κ1) is 8.61. The van der Waals surface area contributed by atoms with Crippen molar-refractivity contribution in [2.24, 2.45) is 0 Å². The zero-order valence-electron chi connectivity index (χ0n) is 6.98. The molecule has 0 N–H and O–H groups in total. The molecule has 4 nitrogen and oxygen atoms in total. The van der Waals surface area contributed by atoms with Gasteiger partial charge >= 0.3 is 0 Å². The molecule has 0 aliphatic carbocycles. The fraction of sp³-hybridized carbons (Fsp3) is 0.125. The normalized spacial score (nSPS) is 10.3. The second-order valence-electron chi connectivity index (χ2n) is 2.69. The molecule has 0 unspecified atom stereocenters. The van der Waals surface area contributed by atoms with Gasteiger partial charge in [0.1, 0.15) is 6.33 Å². The van der Waals surface area contributed by atoms with Crippen LogP contribution < -0.4 is 0 Å². The Bertz CT molecular complexity index is 410. The molecule has 2 aromatic rings. The highest BCUT2D eigenvalue weighted by atomic mass is 127. The number of nitrogens with zero attached hydrogens (tertiary/aromatic N) is 4. The standard InChI is InChI=1S/C8H7IN4/c1-6-2-3-7(4-8(6)9)13-5-10-11-12-13/h2-5H,1H3. The van der Waals surface area contributed by atoms with Crippen LogP contribution >= 0.6 is 22.6 Å². The van der Waals surface area contributed by atoms with Crippen molar-refractivity contribution in [2.75, 3.05) is 0 Å². The van der Waals surface area contributed by atoms with Gasteiger partial charge in [0, 0.05) is 3.57 Å². The molecular weight excluding hydrogens is 279 g/mol. The van der Waals surface area contributed by atoms with E-state index in [0.29, 0.717) is 0 Å². The number of halogens is 1. The summed E-state index contributed by atoms with van der Waals surface area (Å²) in [5.41, 5.74) is 2.25. The van der Waals surface area contributed by atoms with Gasteiger partial charge in [-0.05, 0) is 57.6 Å². The second kappa shape index (κ2) is 3.41. The Labute approximate surface area is 89.1 Å². The van der Waals surface area contributed by atoms with Gasteiger partial charge in [0.15, 0.2) is 0 Å². The van der Waals surface area contributed by atoms with E-state index in [2.05, 4.69) is 51.1 Å². The lowest BCUT2D eigenvalue weighted by atomic mass is 10.2. The van der Waals surface area contributed by atoms with Crippen molar-refractivity contribution in [1.29, 1.82) is 0 Å². The zero-order valence-corrected chi connectivity index (χ0v) is 9.13. The van der Waals surface area contributed by atoms with Crippen LogP contribution in [0.3, 0.4) is 0 Å². The highest BCUT2D eigenvalue weighted by molar-refractivity contribution is 14.1. The van der Waals surface area contributed by atoms with Gasteiger partial charge in [-0.3, -0.25) is 0 Å². The number of aromatic nitrogens is 4. The van der Waals surface area contributed by atoms with Crippen LogP contribution in [0.4, 0.5) is 0 Å². The number of benzene rings is 1. The largest absolute Gasteiger partial charge is 0.201 e. The Morgan fingerprint density at radius 2 is 2.23 bits per heavy atom. The highest BCUT2D eigenvalue weighted by Gasteiger charge is 1.99. The minimum atomic E-state index is 0.986. The van der Waals surface area contributed by atoms with Gasteiger partial charge in [-0.15, -0.1) is 5.10 Å². The molecule has 1 aromatic heterocycles. The van der Waals surface area contributed by atoms with Gasteiger partial charge in [0.05, 0.1) is 5.69 Å². The monoisotopic (exact) mass is 286 g/mol. The molecule has 0 fully saturated rings. The lowest BCUT2D eigenvalue weighted by molar-refractivity contribution is 0.788. The van der Waals surface area contributed by atoms with Gasteiger partial charge < -0.3 is 0 Å². The summed E-state index contributed by atoms with van der Waals surface area (Å²) in [4.78, 5) is 0. The summed E-state index contributed by atoms with van der Waals surface area (Å²) < 4.78 is 2.85. The first-order valence-electron chi connectivity index (χ1n) is 3.77. The quantitative estimate of drug-likeness (QED) is 0.747. The summed E-state index contributed by atoms with van der Waals surface area (Å²) in [6.07, 6.45) is 1.58. The van der Waals surface area contributed by atoms with Gasteiger partial charge in [-0.2, -0.15) is 0 Å². The van der Waals surface area contributed by atoms with Gasteiger partial charge in [0.2, 0.25) is 0 Å². The molecule has 0 bridgehead atoms. The predicted molar refractivity (Wildman–Crippen MR) is 56.6 cm³/mol. The van der Waals surface area contributed by atoms with Crippen molar-refractivity contribution in [2.45, 2.75) is 6.92 Å². The van der Waals surface area contributed by atoms with Crippen LogP contribution in [0.5, 0.6) is 0 Å².